The van der Waals surface area contributed by atoms with Crippen LogP contribution in [-0.4, -0.2) is 18.3 Å². The van der Waals surface area contributed by atoms with Crippen molar-refractivity contribution >= 4 is 15.9 Å². The number of fused-ring (bicyclic) bond motifs is 1. The van der Waals surface area contributed by atoms with Gasteiger partial charge in [0.2, 0.25) is 0 Å². The van der Waals surface area contributed by atoms with Crippen LogP contribution < -0.4 is 5.32 Å². The summed E-state index contributed by atoms with van der Waals surface area (Å²) in [6.07, 6.45) is 2.41. The van der Waals surface area contributed by atoms with Gasteiger partial charge in [0.1, 0.15) is 5.54 Å². The Bertz CT molecular complexity index is 455. The SMILES string of the molecule is N#CC1(NCCCO)CCc2cc(Br)ccc21. The molecule has 0 aromatic heterocycles. The highest BCUT2D eigenvalue weighted by molar-refractivity contribution is 9.10. The third-order valence-electron chi connectivity index (χ3n) is 3.25. The average molecular weight is 295 g/mol. The third-order valence-corrected chi connectivity index (χ3v) is 3.74. The molecular weight excluding hydrogens is 280 g/mol. The number of rotatable bonds is 4. The van der Waals surface area contributed by atoms with Crippen molar-refractivity contribution in [1.82, 2.24) is 5.32 Å². The Balaban J connectivity index is 2.25. The number of nitrogens with one attached hydrogen (secondary N) is 1. The van der Waals surface area contributed by atoms with E-state index in [1.807, 2.05) is 12.1 Å². The van der Waals surface area contributed by atoms with Crippen molar-refractivity contribution in [3.8, 4) is 6.07 Å². The molecule has 17 heavy (non-hydrogen) atoms. The maximum Gasteiger partial charge on any atom is 0.132 e. The summed E-state index contributed by atoms with van der Waals surface area (Å²) in [4.78, 5) is 0. The van der Waals surface area contributed by atoms with Gasteiger partial charge in [0.05, 0.1) is 6.07 Å². The van der Waals surface area contributed by atoms with Gasteiger partial charge in [-0.1, -0.05) is 22.0 Å². The van der Waals surface area contributed by atoms with E-state index < -0.39 is 5.54 Å². The quantitative estimate of drug-likeness (QED) is 0.836. The molecule has 1 aliphatic rings. The first kappa shape index (κ1) is 12.6. The maximum absolute atomic E-state index is 9.45. The number of halogens is 1. The number of nitrogens with zero attached hydrogens (tertiary/aromatic N) is 1. The highest BCUT2D eigenvalue weighted by Crippen LogP contribution is 2.37. The molecule has 90 valence electrons. The van der Waals surface area contributed by atoms with E-state index >= 15 is 0 Å². The van der Waals surface area contributed by atoms with E-state index in [0.29, 0.717) is 13.0 Å². The molecule has 4 heteroatoms. The van der Waals surface area contributed by atoms with Gasteiger partial charge < -0.3 is 5.11 Å². The normalized spacial score (nSPS) is 22.2. The lowest BCUT2D eigenvalue weighted by Gasteiger charge is -2.23. The summed E-state index contributed by atoms with van der Waals surface area (Å²) in [7, 11) is 0. The van der Waals surface area contributed by atoms with Crippen LogP contribution >= 0.6 is 15.9 Å². The van der Waals surface area contributed by atoms with Crippen LogP contribution in [0.1, 0.15) is 24.0 Å². The smallest absolute Gasteiger partial charge is 0.132 e. The van der Waals surface area contributed by atoms with Crippen molar-refractivity contribution in [1.29, 1.82) is 5.26 Å². The van der Waals surface area contributed by atoms with Crippen LogP contribution in [0.2, 0.25) is 0 Å². The van der Waals surface area contributed by atoms with Crippen LogP contribution in [0.5, 0.6) is 0 Å². The van der Waals surface area contributed by atoms with E-state index in [0.717, 1.165) is 22.9 Å². The van der Waals surface area contributed by atoms with Crippen molar-refractivity contribution in [2.24, 2.45) is 0 Å². The molecule has 1 unspecified atom stereocenters. The Morgan fingerprint density at radius 3 is 3.06 bits per heavy atom. The summed E-state index contributed by atoms with van der Waals surface area (Å²) < 4.78 is 1.06. The zero-order valence-electron chi connectivity index (χ0n) is 9.54. The van der Waals surface area contributed by atoms with Gasteiger partial charge in [-0.3, -0.25) is 5.32 Å². The van der Waals surface area contributed by atoms with E-state index in [9.17, 15) is 5.26 Å². The van der Waals surface area contributed by atoms with Crippen LogP contribution in [0.3, 0.4) is 0 Å². The minimum absolute atomic E-state index is 0.154. The lowest BCUT2D eigenvalue weighted by molar-refractivity contribution is 0.278. The van der Waals surface area contributed by atoms with Gasteiger partial charge >= 0.3 is 0 Å². The molecule has 0 bridgehead atoms. The molecule has 0 aliphatic heterocycles. The van der Waals surface area contributed by atoms with Gasteiger partial charge in [-0.25, -0.2) is 0 Å². The van der Waals surface area contributed by atoms with Gasteiger partial charge in [0.25, 0.3) is 0 Å². The Labute approximate surface area is 110 Å². The number of aryl methyl sites for hydroxylation is 1. The minimum atomic E-state index is -0.564. The first-order chi connectivity index (χ1) is 8.22. The number of hydrogen-bond acceptors (Lipinski definition) is 3. The second-order valence-corrected chi connectivity index (χ2v) is 5.24. The fraction of sp³-hybridized carbons (Fsp3) is 0.462. The summed E-state index contributed by atoms with van der Waals surface area (Å²) >= 11 is 3.45. The zero-order chi connectivity index (χ0) is 12.3. The van der Waals surface area contributed by atoms with Crippen molar-refractivity contribution in [2.45, 2.75) is 24.8 Å². The predicted octanol–water partition coefficient (Wildman–Crippen LogP) is 2.09. The molecule has 2 rings (SSSR count). The second kappa shape index (κ2) is 5.18. The van der Waals surface area contributed by atoms with E-state index in [1.165, 1.54) is 5.56 Å². The molecule has 2 N–H and O–H groups in total. The molecular formula is C13H15BrN2O. The van der Waals surface area contributed by atoms with Gasteiger partial charge in [-0.2, -0.15) is 5.26 Å². The average Bonchev–Trinajstić information content (AvgIpc) is 2.68. The molecule has 1 atom stereocenters. The largest absolute Gasteiger partial charge is 0.396 e. The fourth-order valence-electron chi connectivity index (χ4n) is 2.36. The van der Waals surface area contributed by atoms with Crippen LogP contribution in [0, 0.1) is 11.3 Å². The molecule has 1 aromatic carbocycles. The van der Waals surface area contributed by atoms with E-state index in [1.54, 1.807) is 0 Å². The lowest BCUT2D eigenvalue weighted by atomic mass is 9.93. The van der Waals surface area contributed by atoms with Gasteiger partial charge in [0.15, 0.2) is 0 Å². The summed E-state index contributed by atoms with van der Waals surface area (Å²) in [5.41, 5.74) is 1.75. The summed E-state index contributed by atoms with van der Waals surface area (Å²) in [6, 6.07) is 8.48. The van der Waals surface area contributed by atoms with Crippen molar-refractivity contribution in [2.75, 3.05) is 13.2 Å². The Kier molecular flexibility index (Phi) is 3.82. The van der Waals surface area contributed by atoms with E-state index in [2.05, 4.69) is 33.4 Å². The molecule has 3 nitrogen and oxygen atoms in total. The number of benzene rings is 1. The first-order valence-electron chi connectivity index (χ1n) is 5.78. The molecule has 1 aromatic rings. The molecule has 0 fully saturated rings. The van der Waals surface area contributed by atoms with Crippen LogP contribution in [0.25, 0.3) is 0 Å². The Morgan fingerprint density at radius 2 is 2.35 bits per heavy atom. The van der Waals surface area contributed by atoms with E-state index in [4.69, 9.17) is 5.11 Å². The van der Waals surface area contributed by atoms with Gasteiger partial charge in [-0.05, 0) is 49.1 Å². The lowest BCUT2D eigenvalue weighted by Crippen LogP contribution is -2.39. The van der Waals surface area contributed by atoms with E-state index in [-0.39, 0.29) is 6.61 Å². The van der Waals surface area contributed by atoms with Crippen molar-refractivity contribution < 1.29 is 5.11 Å². The topological polar surface area (TPSA) is 56.0 Å². The molecule has 0 saturated carbocycles. The number of aliphatic hydroxyl groups excluding tert-OH is 1. The molecule has 0 amide bonds. The number of nitriles is 1. The Morgan fingerprint density at radius 1 is 1.53 bits per heavy atom. The fourth-order valence-corrected chi connectivity index (χ4v) is 2.77. The van der Waals surface area contributed by atoms with Crippen LogP contribution in [0.4, 0.5) is 0 Å². The van der Waals surface area contributed by atoms with Crippen LogP contribution in [-0.2, 0) is 12.0 Å². The highest BCUT2D eigenvalue weighted by atomic mass is 79.9. The summed E-state index contributed by atoms with van der Waals surface area (Å²) in [5, 5.41) is 21.5. The monoisotopic (exact) mass is 294 g/mol. The highest BCUT2D eigenvalue weighted by Gasteiger charge is 2.38. The molecule has 0 heterocycles. The van der Waals surface area contributed by atoms with Gasteiger partial charge in [0, 0.05) is 11.1 Å². The number of aliphatic hydroxyl groups is 1. The molecule has 0 radical (unpaired) electrons. The molecule has 1 aliphatic carbocycles. The van der Waals surface area contributed by atoms with Gasteiger partial charge in [-0.15, -0.1) is 0 Å². The molecule has 0 saturated heterocycles. The maximum atomic E-state index is 9.45. The second-order valence-electron chi connectivity index (χ2n) is 4.32. The van der Waals surface area contributed by atoms with Crippen molar-refractivity contribution in [3.05, 3.63) is 33.8 Å². The first-order valence-corrected chi connectivity index (χ1v) is 6.57. The standard InChI is InChI=1S/C13H15BrN2O/c14-11-2-3-12-10(8-11)4-5-13(12,9-15)16-6-1-7-17/h2-3,8,16-17H,1,4-7H2. The number of hydrogen-bond donors (Lipinski definition) is 2. The van der Waals surface area contributed by atoms with Crippen LogP contribution in [0.15, 0.2) is 22.7 Å². The predicted molar refractivity (Wildman–Crippen MR) is 69.5 cm³/mol. The minimum Gasteiger partial charge on any atom is -0.396 e. The summed E-state index contributed by atoms with van der Waals surface area (Å²) in [5.74, 6) is 0. The summed E-state index contributed by atoms with van der Waals surface area (Å²) in [6.45, 7) is 0.821. The molecule has 0 spiro atoms. The zero-order valence-corrected chi connectivity index (χ0v) is 11.1. The van der Waals surface area contributed by atoms with Crippen molar-refractivity contribution in [3.63, 3.8) is 0 Å². The Hall–Kier alpha value is -0.890. The third kappa shape index (κ3) is 2.37.